The number of para-hydroxylation sites is 2. The van der Waals surface area contributed by atoms with Gasteiger partial charge in [-0.05, 0) is 24.3 Å². The summed E-state index contributed by atoms with van der Waals surface area (Å²) in [5, 5.41) is 1.24. The fraction of sp³-hybridized carbons (Fsp3) is 0. The molecule has 0 aliphatic carbocycles. The molecular formula is C21H16ClNO4. The number of nitrogens with zero attached hydrogens (tertiary/aromatic N) is 1. The lowest BCUT2D eigenvalue weighted by Gasteiger charge is -2.17. The standard InChI is InChI=1S/C21H16N.ClHO4/c1-3-9-17(10-4-1)21-16-15-18-11-7-8-14-20(18)22(21)19-12-5-2-6-13-19;2-1(3,4)5/h1-16H;(H,2,3,4,5)/q+1;/p-1. The SMILES string of the molecule is [O-][Cl+3]([O-])([O-])[O-].c1ccc(-c2ccc3ccccc3[n+]2-c2ccccc2)cc1. The minimum Gasteiger partial charge on any atom is -0.222 e. The maximum atomic E-state index is 8.49. The summed E-state index contributed by atoms with van der Waals surface area (Å²) < 4.78 is 36.3. The van der Waals surface area contributed by atoms with E-state index < -0.39 is 10.2 Å². The molecule has 4 aromatic rings. The minimum atomic E-state index is -4.94. The van der Waals surface area contributed by atoms with Gasteiger partial charge in [-0.2, -0.15) is 4.57 Å². The van der Waals surface area contributed by atoms with E-state index in [0.717, 1.165) is 0 Å². The van der Waals surface area contributed by atoms with Crippen LogP contribution in [0.5, 0.6) is 0 Å². The van der Waals surface area contributed by atoms with Crippen molar-refractivity contribution in [2.24, 2.45) is 0 Å². The highest BCUT2D eigenvalue weighted by molar-refractivity contribution is 5.78. The van der Waals surface area contributed by atoms with Crippen molar-refractivity contribution in [3.05, 3.63) is 97.1 Å². The summed E-state index contributed by atoms with van der Waals surface area (Å²) in [7, 11) is -4.94. The van der Waals surface area contributed by atoms with Crippen LogP contribution in [0.25, 0.3) is 27.8 Å². The van der Waals surface area contributed by atoms with Gasteiger partial charge < -0.3 is 0 Å². The van der Waals surface area contributed by atoms with Crippen molar-refractivity contribution in [3.8, 4) is 16.9 Å². The molecule has 3 aromatic carbocycles. The van der Waals surface area contributed by atoms with Crippen LogP contribution in [0.2, 0.25) is 0 Å². The highest BCUT2D eigenvalue weighted by Crippen LogP contribution is 2.21. The second-order valence-corrected chi connectivity index (χ2v) is 6.45. The molecular weight excluding hydrogens is 366 g/mol. The molecule has 1 heterocycles. The van der Waals surface area contributed by atoms with Gasteiger partial charge in [0, 0.05) is 35.2 Å². The van der Waals surface area contributed by atoms with E-state index in [1.165, 1.54) is 27.8 Å². The summed E-state index contributed by atoms with van der Waals surface area (Å²) in [4.78, 5) is 0. The van der Waals surface area contributed by atoms with Gasteiger partial charge in [-0.3, -0.25) is 0 Å². The van der Waals surface area contributed by atoms with E-state index in [4.69, 9.17) is 18.6 Å². The molecule has 6 heteroatoms. The van der Waals surface area contributed by atoms with Gasteiger partial charge in [0.1, 0.15) is 0 Å². The average Bonchev–Trinajstić information content (AvgIpc) is 2.67. The molecule has 0 aliphatic rings. The Balaban J connectivity index is 0.000000376. The van der Waals surface area contributed by atoms with Crippen LogP contribution in [0.3, 0.4) is 0 Å². The molecule has 0 atom stereocenters. The Hall–Kier alpha value is -2.80. The average molecular weight is 382 g/mol. The second kappa shape index (κ2) is 8.26. The van der Waals surface area contributed by atoms with E-state index in [9.17, 15) is 0 Å². The number of aromatic nitrogens is 1. The van der Waals surface area contributed by atoms with Crippen molar-refractivity contribution in [3.63, 3.8) is 0 Å². The largest absolute Gasteiger partial charge is 0.222 e. The Morgan fingerprint density at radius 3 is 1.70 bits per heavy atom. The summed E-state index contributed by atoms with van der Waals surface area (Å²) >= 11 is 0. The van der Waals surface area contributed by atoms with Gasteiger partial charge in [0.2, 0.25) is 16.9 Å². The van der Waals surface area contributed by atoms with Crippen molar-refractivity contribution < 1.29 is 33.4 Å². The number of hydrogen-bond acceptors (Lipinski definition) is 4. The lowest BCUT2D eigenvalue weighted by atomic mass is 10.1. The first-order valence-electron chi connectivity index (χ1n) is 8.10. The molecule has 0 spiro atoms. The molecule has 4 rings (SSSR count). The lowest BCUT2D eigenvalue weighted by Crippen LogP contribution is -2.68. The van der Waals surface area contributed by atoms with E-state index in [1.807, 2.05) is 0 Å². The zero-order valence-corrected chi connectivity index (χ0v) is 15.0. The molecule has 0 N–H and O–H groups in total. The molecule has 0 amide bonds. The van der Waals surface area contributed by atoms with Crippen LogP contribution in [-0.4, -0.2) is 0 Å². The first-order chi connectivity index (χ1) is 12.9. The zero-order valence-electron chi connectivity index (χ0n) is 14.2. The Bertz CT molecular complexity index is 1010. The van der Waals surface area contributed by atoms with Gasteiger partial charge in [0.25, 0.3) is 0 Å². The summed E-state index contributed by atoms with van der Waals surface area (Å²) in [6.07, 6.45) is 0. The molecule has 0 unspecified atom stereocenters. The highest BCUT2D eigenvalue weighted by atomic mass is 35.7. The third-order valence-electron chi connectivity index (χ3n) is 3.92. The maximum absolute atomic E-state index is 8.49. The Morgan fingerprint density at radius 1 is 0.556 bits per heavy atom. The quantitative estimate of drug-likeness (QED) is 0.457. The molecule has 1 aromatic heterocycles. The van der Waals surface area contributed by atoms with Gasteiger partial charge in [0.05, 0.1) is 0 Å². The minimum absolute atomic E-state index is 1.18. The smallest absolute Gasteiger partial charge is 0.219 e. The van der Waals surface area contributed by atoms with Gasteiger partial charge in [0.15, 0.2) is 0 Å². The normalized spacial score (nSPS) is 11.0. The lowest BCUT2D eigenvalue weighted by molar-refractivity contribution is -2.00. The van der Waals surface area contributed by atoms with E-state index in [2.05, 4.69) is 102 Å². The fourth-order valence-electron chi connectivity index (χ4n) is 2.89. The molecule has 27 heavy (non-hydrogen) atoms. The number of rotatable bonds is 2. The van der Waals surface area contributed by atoms with Gasteiger partial charge >= 0.3 is 0 Å². The monoisotopic (exact) mass is 381 g/mol. The molecule has 0 saturated carbocycles. The first-order valence-corrected chi connectivity index (χ1v) is 9.33. The van der Waals surface area contributed by atoms with E-state index in [1.54, 1.807) is 0 Å². The molecule has 0 aliphatic heterocycles. The molecule has 0 fully saturated rings. The topological polar surface area (TPSA) is 96.1 Å². The number of pyridine rings is 1. The summed E-state index contributed by atoms with van der Waals surface area (Å²) in [6.45, 7) is 0. The summed E-state index contributed by atoms with van der Waals surface area (Å²) in [5.41, 5.74) is 4.82. The molecule has 0 bridgehead atoms. The van der Waals surface area contributed by atoms with Crippen LogP contribution in [0.1, 0.15) is 0 Å². The van der Waals surface area contributed by atoms with E-state index in [-0.39, 0.29) is 0 Å². The van der Waals surface area contributed by atoms with Crippen molar-refractivity contribution in [2.75, 3.05) is 0 Å². The van der Waals surface area contributed by atoms with E-state index >= 15 is 0 Å². The summed E-state index contributed by atoms with van der Waals surface area (Å²) in [5.74, 6) is 0. The molecule has 0 saturated heterocycles. The highest BCUT2D eigenvalue weighted by Gasteiger charge is 2.19. The first kappa shape index (κ1) is 19.0. The van der Waals surface area contributed by atoms with E-state index in [0.29, 0.717) is 0 Å². The van der Waals surface area contributed by atoms with Gasteiger partial charge in [-0.25, -0.2) is 18.6 Å². The van der Waals surface area contributed by atoms with Crippen LogP contribution in [0, 0.1) is 10.2 Å². The predicted octanol–water partition coefficient (Wildman–Crippen LogP) is 0.0275. The Kier molecular flexibility index (Phi) is 5.81. The van der Waals surface area contributed by atoms with Gasteiger partial charge in [-0.15, -0.1) is 10.2 Å². The fourth-order valence-corrected chi connectivity index (χ4v) is 2.89. The van der Waals surface area contributed by atoms with Crippen LogP contribution < -0.4 is 23.2 Å². The van der Waals surface area contributed by atoms with Crippen molar-refractivity contribution in [2.45, 2.75) is 0 Å². The molecule has 0 radical (unpaired) electrons. The predicted molar refractivity (Wildman–Crippen MR) is 90.9 cm³/mol. The van der Waals surface area contributed by atoms with Crippen LogP contribution in [-0.2, 0) is 0 Å². The third kappa shape index (κ3) is 5.10. The zero-order chi connectivity index (χ0) is 19.3. The maximum Gasteiger partial charge on any atom is 0.219 e. The second-order valence-electron chi connectivity index (χ2n) is 5.69. The number of benzene rings is 3. The number of fused-ring (bicyclic) bond motifs is 1. The van der Waals surface area contributed by atoms with Crippen LogP contribution >= 0.6 is 0 Å². The summed E-state index contributed by atoms with van der Waals surface area (Å²) in [6, 6.07) is 34.0. The van der Waals surface area contributed by atoms with Gasteiger partial charge in [-0.1, -0.05) is 48.5 Å². The molecule has 136 valence electrons. The Morgan fingerprint density at radius 2 is 1.07 bits per heavy atom. The third-order valence-corrected chi connectivity index (χ3v) is 3.92. The number of halogens is 1. The van der Waals surface area contributed by atoms with Crippen LogP contribution in [0.15, 0.2) is 97.1 Å². The van der Waals surface area contributed by atoms with Crippen molar-refractivity contribution in [1.82, 2.24) is 0 Å². The Labute approximate surface area is 158 Å². The molecule has 5 nitrogen and oxygen atoms in total. The number of hydrogen-bond donors (Lipinski definition) is 0. The van der Waals surface area contributed by atoms with Crippen molar-refractivity contribution in [1.29, 1.82) is 0 Å². The van der Waals surface area contributed by atoms with Crippen LogP contribution in [0.4, 0.5) is 0 Å². The van der Waals surface area contributed by atoms with Crippen molar-refractivity contribution >= 4 is 10.9 Å².